The summed E-state index contributed by atoms with van der Waals surface area (Å²) in [5.74, 6) is 0.843. The van der Waals surface area contributed by atoms with Gasteiger partial charge in [0, 0.05) is 50.3 Å². The summed E-state index contributed by atoms with van der Waals surface area (Å²) in [5, 5.41) is 0. The van der Waals surface area contributed by atoms with Gasteiger partial charge in [-0.3, -0.25) is 4.79 Å². The Bertz CT molecular complexity index is 1420. The van der Waals surface area contributed by atoms with Crippen LogP contribution in [0, 0.1) is 5.92 Å². The first-order chi connectivity index (χ1) is 20.0. The minimum Gasteiger partial charge on any atom is -0.457 e. The van der Waals surface area contributed by atoms with Crippen LogP contribution < -0.4 is 14.7 Å². The van der Waals surface area contributed by atoms with Crippen LogP contribution in [0.1, 0.15) is 40.1 Å². The summed E-state index contributed by atoms with van der Waals surface area (Å²) in [6, 6.07) is 30.9. The highest BCUT2D eigenvalue weighted by molar-refractivity contribution is 6.06. The van der Waals surface area contributed by atoms with Gasteiger partial charge in [0.2, 0.25) is 0 Å². The van der Waals surface area contributed by atoms with Crippen molar-refractivity contribution in [2.24, 2.45) is 5.92 Å². The summed E-state index contributed by atoms with van der Waals surface area (Å²) in [6.07, 6.45) is 1.69. The Morgan fingerprint density at radius 3 is 2.00 bits per heavy atom. The number of pyridine rings is 1. The molecule has 1 aromatic heterocycles. The fraction of sp³-hybridized carbons (Fsp3) is 0.265. The van der Waals surface area contributed by atoms with E-state index in [4.69, 9.17) is 4.74 Å². The average molecular weight is 549 g/mol. The van der Waals surface area contributed by atoms with E-state index in [2.05, 4.69) is 28.6 Å². The average Bonchev–Trinajstić information content (AvgIpc) is 3.03. The van der Waals surface area contributed by atoms with Crippen LogP contribution in [0.5, 0.6) is 0 Å². The third-order valence-corrected chi connectivity index (χ3v) is 7.14. The molecule has 1 saturated heterocycles. The van der Waals surface area contributed by atoms with Gasteiger partial charge < -0.3 is 19.4 Å². The van der Waals surface area contributed by atoms with Crippen molar-refractivity contribution < 1.29 is 14.3 Å². The van der Waals surface area contributed by atoms with Crippen molar-refractivity contribution in [2.75, 3.05) is 47.4 Å². The van der Waals surface area contributed by atoms with Crippen LogP contribution in [0.3, 0.4) is 0 Å². The van der Waals surface area contributed by atoms with Crippen LogP contribution in [0.15, 0.2) is 103 Å². The number of benzene rings is 3. The second-order valence-electron chi connectivity index (χ2n) is 10.6. The second-order valence-corrected chi connectivity index (χ2v) is 10.6. The van der Waals surface area contributed by atoms with Crippen LogP contribution in [0.4, 0.5) is 17.2 Å². The molecule has 0 unspecified atom stereocenters. The number of ether oxygens (including phenoxy) is 1. The second kappa shape index (κ2) is 13.1. The monoisotopic (exact) mass is 548 g/mol. The Hall–Kier alpha value is -4.65. The zero-order chi connectivity index (χ0) is 28.6. The molecule has 41 heavy (non-hydrogen) atoms. The minimum atomic E-state index is -0.325. The summed E-state index contributed by atoms with van der Waals surface area (Å²) >= 11 is 0. The lowest BCUT2D eigenvalue weighted by Gasteiger charge is -2.36. The van der Waals surface area contributed by atoms with Gasteiger partial charge in [0.05, 0.1) is 11.1 Å². The highest BCUT2D eigenvalue weighted by Gasteiger charge is 2.22. The molecule has 0 atom stereocenters. The van der Waals surface area contributed by atoms with Crippen molar-refractivity contribution in [1.29, 1.82) is 0 Å². The maximum absolute atomic E-state index is 13.4. The third-order valence-electron chi connectivity index (χ3n) is 7.14. The molecule has 0 aliphatic carbocycles. The van der Waals surface area contributed by atoms with E-state index in [0.717, 1.165) is 48.9 Å². The van der Waals surface area contributed by atoms with E-state index in [1.165, 1.54) is 0 Å². The number of piperazine rings is 1. The maximum atomic E-state index is 13.4. The first-order valence-electron chi connectivity index (χ1n) is 14.1. The molecule has 0 radical (unpaired) electrons. The van der Waals surface area contributed by atoms with E-state index in [1.54, 1.807) is 6.20 Å². The van der Waals surface area contributed by atoms with Crippen LogP contribution in [0.2, 0.25) is 0 Å². The molecule has 1 amide bonds. The van der Waals surface area contributed by atoms with Crippen molar-refractivity contribution in [3.05, 3.63) is 120 Å². The normalized spacial score (nSPS) is 13.2. The Kier molecular flexibility index (Phi) is 8.94. The molecule has 5 rings (SSSR count). The lowest BCUT2D eigenvalue weighted by atomic mass is 10.1. The Morgan fingerprint density at radius 1 is 0.780 bits per heavy atom. The summed E-state index contributed by atoms with van der Waals surface area (Å²) in [6.45, 7) is 8.40. The summed E-state index contributed by atoms with van der Waals surface area (Å²) < 4.78 is 5.45. The van der Waals surface area contributed by atoms with E-state index in [-0.39, 0.29) is 18.5 Å². The van der Waals surface area contributed by atoms with Crippen molar-refractivity contribution in [3.63, 3.8) is 0 Å². The van der Waals surface area contributed by atoms with Gasteiger partial charge in [-0.2, -0.15) is 0 Å². The Morgan fingerprint density at radius 2 is 1.39 bits per heavy atom. The van der Waals surface area contributed by atoms with Gasteiger partial charge in [-0.1, -0.05) is 62.4 Å². The van der Waals surface area contributed by atoms with Gasteiger partial charge >= 0.3 is 5.97 Å². The van der Waals surface area contributed by atoms with Gasteiger partial charge in [-0.15, -0.1) is 0 Å². The van der Waals surface area contributed by atoms with Gasteiger partial charge in [0.1, 0.15) is 12.4 Å². The number of rotatable bonds is 9. The number of amides is 1. The smallest absolute Gasteiger partial charge is 0.338 e. The first-order valence-corrected chi connectivity index (χ1v) is 14.1. The molecule has 3 aromatic carbocycles. The summed E-state index contributed by atoms with van der Waals surface area (Å²) in [7, 11) is 0. The number of para-hydroxylation sites is 1. The number of nitrogens with zero attached hydrogens (tertiary/aromatic N) is 4. The van der Waals surface area contributed by atoms with Crippen LogP contribution in [-0.2, 0) is 11.3 Å². The number of aromatic nitrogens is 1. The van der Waals surface area contributed by atoms with Gasteiger partial charge in [0.25, 0.3) is 5.91 Å². The largest absolute Gasteiger partial charge is 0.457 e. The van der Waals surface area contributed by atoms with Gasteiger partial charge in [0.15, 0.2) is 0 Å². The molecule has 0 saturated carbocycles. The molecule has 0 N–H and O–H groups in total. The summed E-state index contributed by atoms with van der Waals surface area (Å²) in [5.41, 5.74) is 4.06. The predicted molar refractivity (Wildman–Crippen MR) is 164 cm³/mol. The van der Waals surface area contributed by atoms with E-state index in [0.29, 0.717) is 23.6 Å². The number of carbonyl (C=O) groups excluding carboxylic acids is 2. The molecule has 4 aromatic rings. The molecule has 1 aliphatic rings. The van der Waals surface area contributed by atoms with E-state index in [9.17, 15) is 9.59 Å². The lowest BCUT2D eigenvalue weighted by molar-refractivity contribution is 0.0472. The number of carbonyl (C=O) groups is 2. The molecule has 0 bridgehead atoms. The fourth-order valence-corrected chi connectivity index (χ4v) is 4.94. The Balaban J connectivity index is 1.15. The molecule has 2 heterocycles. The highest BCUT2D eigenvalue weighted by atomic mass is 16.5. The first kappa shape index (κ1) is 27.9. The van der Waals surface area contributed by atoms with Crippen LogP contribution >= 0.6 is 0 Å². The molecular formula is C34H36N4O3. The highest BCUT2D eigenvalue weighted by Crippen LogP contribution is 2.22. The van der Waals surface area contributed by atoms with E-state index < -0.39 is 0 Å². The zero-order valence-corrected chi connectivity index (χ0v) is 23.6. The number of esters is 1. The van der Waals surface area contributed by atoms with Crippen molar-refractivity contribution in [2.45, 2.75) is 20.5 Å². The molecular weight excluding hydrogens is 512 g/mol. The predicted octanol–water partition coefficient (Wildman–Crippen LogP) is 6.07. The maximum Gasteiger partial charge on any atom is 0.338 e. The molecule has 1 aliphatic heterocycles. The van der Waals surface area contributed by atoms with Gasteiger partial charge in [-0.25, -0.2) is 9.78 Å². The standard InChI is InChI=1S/C34H36N4O3/c1-26(2)24-38(31-11-7-4-8-12-31)33(39)29-15-18-32(35-23-29)37-21-19-36(20-22-37)30-16-13-28(14-17-30)34(40)41-25-27-9-5-3-6-10-27/h3-18,23,26H,19-22,24-25H2,1-2H3. The fourth-order valence-electron chi connectivity index (χ4n) is 4.94. The molecule has 7 heteroatoms. The SMILES string of the molecule is CC(C)CN(C(=O)c1ccc(N2CCN(c3ccc(C(=O)OCc4ccccc4)cc3)CC2)nc1)c1ccccc1. The van der Waals surface area contributed by atoms with E-state index >= 15 is 0 Å². The molecule has 0 spiro atoms. The quantitative estimate of drug-likeness (QED) is 0.237. The van der Waals surface area contributed by atoms with Crippen LogP contribution in [0.25, 0.3) is 0 Å². The van der Waals surface area contributed by atoms with E-state index in [1.807, 2.05) is 102 Å². The number of hydrogen-bond donors (Lipinski definition) is 0. The molecule has 7 nitrogen and oxygen atoms in total. The number of anilines is 3. The third kappa shape index (κ3) is 7.11. The van der Waals surface area contributed by atoms with Crippen molar-refractivity contribution in [1.82, 2.24) is 4.98 Å². The number of hydrogen-bond acceptors (Lipinski definition) is 6. The summed E-state index contributed by atoms with van der Waals surface area (Å²) in [4.78, 5) is 36.9. The van der Waals surface area contributed by atoms with Crippen molar-refractivity contribution >= 4 is 29.1 Å². The van der Waals surface area contributed by atoms with Gasteiger partial charge in [-0.05, 0) is 60.0 Å². The minimum absolute atomic E-state index is 0.0406. The lowest BCUT2D eigenvalue weighted by Crippen LogP contribution is -2.46. The van der Waals surface area contributed by atoms with Crippen molar-refractivity contribution in [3.8, 4) is 0 Å². The molecule has 210 valence electrons. The van der Waals surface area contributed by atoms with Crippen LogP contribution in [-0.4, -0.2) is 49.6 Å². The zero-order valence-electron chi connectivity index (χ0n) is 23.6. The Labute approximate surface area is 242 Å². The molecule has 1 fully saturated rings. The topological polar surface area (TPSA) is 66.0 Å².